The zero-order valence-corrected chi connectivity index (χ0v) is 10.6. The van der Waals surface area contributed by atoms with Crippen LogP contribution >= 0.6 is 0 Å². The molecule has 0 radical (unpaired) electrons. The van der Waals surface area contributed by atoms with E-state index in [1.165, 1.54) is 13.1 Å². The Morgan fingerprint density at radius 2 is 1.88 bits per heavy atom. The number of hydrogen-bond acceptors (Lipinski definition) is 2. The standard InChI is InChI=1S/C13H23NO2/c1-13(2,3)10-7-14(8-10)11-5-4-9(6-11)12(15)16/h9-11H,4-8H2,1-3H3,(H,15,16)/t9-,11+/m1/s1. The molecule has 0 amide bonds. The summed E-state index contributed by atoms with van der Waals surface area (Å²) in [5, 5.41) is 8.97. The van der Waals surface area contributed by atoms with Crippen molar-refractivity contribution in [3.8, 4) is 0 Å². The highest BCUT2D eigenvalue weighted by Crippen LogP contribution is 2.39. The van der Waals surface area contributed by atoms with Crippen molar-refractivity contribution in [2.24, 2.45) is 17.3 Å². The maximum Gasteiger partial charge on any atom is 0.306 e. The van der Waals surface area contributed by atoms with Gasteiger partial charge in [0.1, 0.15) is 0 Å². The van der Waals surface area contributed by atoms with Gasteiger partial charge in [-0.2, -0.15) is 0 Å². The third-order valence-corrected chi connectivity index (χ3v) is 4.41. The normalized spacial score (nSPS) is 32.7. The summed E-state index contributed by atoms with van der Waals surface area (Å²) in [5.41, 5.74) is 0.404. The van der Waals surface area contributed by atoms with Crippen LogP contribution in [0, 0.1) is 17.3 Å². The van der Waals surface area contributed by atoms with Gasteiger partial charge in [0.2, 0.25) is 0 Å². The number of carboxylic acids is 1. The fraction of sp³-hybridized carbons (Fsp3) is 0.923. The number of carboxylic acid groups (broad SMARTS) is 1. The second kappa shape index (κ2) is 4.02. The number of nitrogens with zero attached hydrogens (tertiary/aromatic N) is 1. The van der Waals surface area contributed by atoms with Crippen molar-refractivity contribution in [3.05, 3.63) is 0 Å². The monoisotopic (exact) mass is 225 g/mol. The van der Waals surface area contributed by atoms with Gasteiger partial charge in [0.25, 0.3) is 0 Å². The van der Waals surface area contributed by atoms with Crippen LogP contribution in [0.2, 0.25) is 0 Å². The molecule has 1 N–H and O–H groups in total. The molecule has 1 aliphatic heterocycles. The van der Waals surface area contributed by atoms with Crippen LogP contribution in [0.15, 0.2) is 0 Å². The second-order valence-electron chi connectivity index (χ2n) is 6.52. The molecule has 3 nitrogen and oxygen atoms in total. The molecule has 2 fully saturated rings. The van der Waals surface area contributed by atoms with Crippen molar-refractivity contribution < 1.29 is 9.90 Å². The van der Waals surface area contributed by atoms with E-state index in [2.05, 4.69) is 25.7 Å². The van der Waals surface area contributed by atoms with Crippen LogP contribution < -0.4 is 0 Å². The van der Waals surface area contributed by atoms with E-state index in [1.54, 1.807) is 0 Å². The highest BCUT2D eigenvalue weighted by Gasteiger charge is 2.42. The molecule has 0 aromatic heterocycles. The Kier molecular flexibility index (Phi) is 2.99. The van der Waals surface area contributed by atoms with Gasteiger partial charge in [-0.3, -0.25) is 9.69 Å². The molecule has 1 heterocycles. The molecule has 1 saturated carbocycles. The quantitative estimate of drug-likeness (QED) is 0.783. The average molecular weight is 225 g/mol. The van der Waals surface area contributed by atoms with Crippen LogP contribution in [0.25, 0.3) is 0 Å². The summed E-state index contributed by atoms with van der Waals surface area (Å²) >= 11 is 0. The highest BCUT2D eigenvalue weighted by molar-refractivity contribution is 5.70. The summed E-state index contributed by atoms with van der Waals surface area (Å²) in [7, 11) is 0. The third kappa shape index (κ3) is 2.24. The number of rotatable bonds is 2. The van der Waals surface area contributed by atoms with Gasteiger partial charge in [0, 0.05) is 19.1 Å². The SMILES string of the molecule is CC(C)(C)C1CN([C@H]2CC[C@@H](C(=O)O)C2)C1. The molecule has 16 heavy (non-hydrogen) atoms. The van der Waals surface area contributed by atoms with E-state index in [4.69, 9.17) is 5.11 Å². The van der Waals surface area contributed by atoms with Crippen LogP contribution in [0.1, 0.15) is 40.0 Å². The van der Waals surface area contributed by atoms with E-state index < -0.39 is 5.97 Å². The molecular formula is C13H23NO2. The minimum Gasteiger partial charge on any atom is -0.481 e. The molecule has 1 aliphatic carbocycles. The Bertz CT molecular complexity index is 276. The first-order valence-electron chi connectivity index (χ1n) is 6.35. The lowest BCUT2D eigenvalue weighted by Gasteiger charge is -2.49. The van der Waals surface area contributed by atoms with Crippen molar-refractivity contribution in [2.45, 2.75) is 46.1 Å². The van der Waals surface area contributed by atoms with E-state index in [0.717, 1.165) is 25.2 Å². The summed E-state index contributed by atoms with van der Waals surface area (Å²) in [4.78, 5) is 13.4. The van der Waals surface area contributed by atoms with E-state index in [1.807, 2.05) is 0 Å². The van der Waals surface area contributed by atoms with Crippen molar-refractivity contribution in [2.75, 3.05) is 13.1 Å². The third-order valence-electron chi connectivity index (χ3n) is 4.41. The predicted molar refractivity (Wildman–Crippen MR) is 63.3 cm³/mol. The number of hydrogen-bond donors (Lipinski definition) is 1. The average Bonchev–Trinajstić information content (AvgIpc) is 2.46. The molecule has 0 spiro atoms. The predicted octanol–water partition coefficient (Wildman–Crippen LogP) is 2.22. The fourth-order valence-electron chi connectivity index (χ4n) is 2.87. The van der Waals surface area contributed by atoms with Gasteiger partial charge < -0.3 is 5.11 Å². The van der Waals surface area contributed by atoms with Gasteiger partial charge in [0.05, 0.1) is 5.92 Å². The van der Waals surface area contributed by atoms with Gasteiger partial charge in [-0.1, -0.05) is 20.8 Å². The lowest BCUT2D eigenvalue weighted by molar-refractivity contribution is -0.141. The van der Waals surface area contributed by atoms with Crippen LogP contribution in [-0.2, 0) is 4.79 Å². The maximum atomic E-state index is 10.9. The highest BCUT2D eigenvalue weighted by atomic mass is 16.4. The van der Waals surface area contributed by atoms with Gasteiger partial charge in [-0.15, -0.1) is 0 Å². The van der Waals surface area contributed by atoms with E-state index in [0.29, 0.717) is 11.5 Å². The van der Waals surface area contributed by atoms with Gasteiger partial charge in [-0.05, 0) is 30.6 Å². The maximum absolute atomic E-state index is 10.9. The molecule has 0 unspecified atom stereocenters. The van der Waals surface area contributed by atoms with Crippen molar-refractivity contribution >= 4 is 5.97 Å². The molecule has 3 heteroatoms. The molecule has 1 saturated heterocycles. The fourth-order valence-corrected chi connectivity index (χ4v) is 2.87. The van der Waals surface area contributed by atoms with Crippen LogP contribution in [0.4, 0.5) is 0 Å². The summed E-state index contributed by atoms with van der Waals surface area (Å²) in [6, 6.07) is 0.541. The van der Waals surface area contributed by atoms with Crippen LogP contribution in [0.5, 0.6) is 0 Å². The first kappa shape index (κ1) is 11.9. The summed E-state index contributed by atoms with van der Waals surface area (Å²) in [5.74, 6) is 0.102. The van der Waals surface area contributed by atoms with Gasteiger partial charge in [0.15, 0.2) is 0 Å². The summed E-state index contributed by atoms with van der Waals surface area (Å²) in [6.45, 7) is 9.22. The Morgan fingerprint density at radius 1 is 1.25 bits per heavy atom. The molecule has 0 bridgehead atoms. The molecule has 92 valence electrons. The number of aliphatic carboxylic acids is 1. The molecule has 2 aliphatic rings. The Balaban J connectivity index is 1.79. The first-order valence-corrected chi connectivity index (χ1v) is 6.35. The molecule has 2 atom stereocenters. The minimum atomic E-state index is -0.601. The van der Waals surface area contributed by atoms with Crippen LogP contribution in [-0.4, -0.2) is 35.1 Å². The molecule has 0 aromatic rings. The Hall–Kier alpha value is -0.570. The van der Waals surface area contributed by atoms with E-state index in [-0.39, 0.29) is 5.92 Å². The van der Waals surface area contributed by atoms with Gasteiger partial charge >= 0.3 is 5.97 Å². The van der Waals surface area contributed by atoms with E-state index >= 15 is 0 Å². The lowest BCUT2D eigenvalue weighted by Crippen LogP contribution is -2.55. The minimum absolute atomic E-state index is 0.0845. The molecule has 0 aromatic carbocycles. The number of carbonyl (C=O) groups is 1. The van der Waals surface area contributed by atoms with Gasteiger partial charge in [-0.25, -0.2) is 0 Å². The molecule has 2 rings (SSSR count). The smallest absolute Gasteiger partial charge is 0.306 e. The van der Waals surface area contributed by atoms with Crippen molar-refractivity contribution in [1.29, 1.82) is 0 Å². The summed E-state index contributed by atoms with van der Waals surface area (Å²) < 4.78 is 0. The van der Waals surface area contributed by atoms with Crippen molar-refractivity contribution in [3.63, 3.8) is 0 Å². The Morgan fingerprint density at radius 3 is 2.31 bits per heavy atom. The topological polar surface area (TPSA) is 40.5 Å². The van der Waals surface area contributed by atoms with Crippen LogP contribution in [0.3, 0.4) is 0 Å². The lowest BCUT2D eigenvalue weighted by atomic mass is 9.75. The zero-order chi connectivity index (χ0) is 11.9. The molecular weight excluding hydrogens is 202 g/mol. The first-order chi connectivity index (χ1) is 7.38. The van der Waals surface area contributed by atoms with Crippen molar-refractivity contribution in [1.82, 2.24) is 4.90 Å². The largest absolute Gasteiger partial charge is 0.481 e. The Labute approximate surface area is 97.8 Å². The second-order valence-corrected chi connectivity index (χ2v) is 6.52. The summed E-state index contributed by atoms with van der Waals surface area (Å²) in [6.07, 6.45) is 2.82. The van der Waals surface area contributed by atoms with E-state index in [9.17, 15) is 4.79 Å². The zero-order valence-electron chi connectivity index (χ0n) is 10.6. The number of likely N-dealkylation sites (tertiary alicyclic amines) is 1.